The molecule has 1 aromatic heterocycles. The van der Waals surface area contributed by atoms with Crippen LogP contribution in [0.2, 0.25) is 0 Å². The van der Waals surface area contributed by atoms with E-state index in [2.05, 4.69) is 42.1 Å². The normalized spacial score (nSPS) is 12.6. The lowest BCUT2D eigenvalue weighted by Crippen LogP contribution is -2.53. The van der Waals surface area contributed by atoms with Gasteiger partial charge < -0.3 is 12.9 Å². The molecule has 0 saturated carbocycles. The lowest BCUT2D eigenvalue weighted by molar-refractivity contribution is -0.697. The number of halogens is 8. The molecule has 0 fully saturated rings. The quantitative estimate of drug-likeness (QED) is 0.290. The molecule has 1 heterocycles. The van der Waals surface area contributed by atoms with Crippen molar-refractivity contribution < 1.29 is 39.5 Å². The van der Waals surface area contributed by atoms with Crippen LogP contribution in [0.1, 0.15) is 32.6 Å². The molecule has 1 aromatic rings. The minimum atomic E-state index is -7.21. The Morgan fingerprint density at radius 1 is 0.826 bits per heavy atom. The molecule has 0 unspecified atom stereocenters. The molecule has 23 heavy (non-hydrogen) atoms. The molecule has 0 aliphatic heterocycles. The zero-order valence-corrected chi connectivity index (χ0v) is 12.5. The van der Waals surface area contributed by atoms with E-state index in [1.807, 2.05) is 0 Å². The van der Waals surface area contributed by atoms with E-state index in [1.165, 1.54) is 32.2 Å². The van der Waals surface area contributed by atoms with Crippen LogP contribution in [0.25, 0.3) is 0 Å². The Morgan fingerprint density at radius 3 is 1.70 bits per heavy atom. The summed E-state index contributed by atoms with van der Waals surface area (Å²) in [5.74, 6) is -6.56. The molecule has 0 spiro atoms. The van der Waals surface area contributed by atoms with E-state index in [0.717, 1.165) is 0 Å². The first kappa shape index (κ1) is 21.7. The van der Waals surface area contributed by atoms with Crippen molar-refractivity contribution in [3.8, 4) is 0 Å². The number of aryl methyl sites for hydroxylation is 1. The number of nitrogens with zero attached hydrogens (tertiary/aromatic N) is 1. The van der Waals surface area contributed by atoms with Crippen molar-refractivity contribution in [3.05, 3.63) is 30.6 Å². The maximum absolute atomic E-state index is 11.2. The number of rotatable bonds is 6. The van der Waals surface area contributed by atoms with Gasteiger partial charge in [0.05, 0.1) is 0 Å². The van der Waals surface area contributed by atoms with E-state index >= 15 is 0 Å². The minimum Gasteiger partial charge on any atom is -0.445 e. The Hall–Kier alpha value is -1.35. The van der Waals surface area contributed by atoms with E-state index in [4.69, 9.17) is 0 Å². The van der Waals surface area contributed by atoms with Crippen LogP contribution in [0.15, 0.2) is 30.6 Å². The summed E-state index contributed by atoms with van der Waals surface area (Å²) in [6, 6.07) is 6.22. The molecule has 0 aromatic carbocycles. The molecule has 0 atom stereocenters. The third-order valence-electron chi connectivity index (χ3n) is 2.84. The van der Waals surface area contributed by atoms with Crippen LogP contribution in [0.4, 0.5) is 34.9 Å². The van der Waals surface area contributed by atoms with E-state index < -0.39 is 19.0 Å². The van der Waals surface area contributed by atoms with Crippen molar-refractivity contribution >= 4 is 6.98 Å². The fraction of sp³-hybridized carbons (Fsp3) is 0.615. The zero-order valence-electron chi connectivity index (χ0n) is 12.5. The minimum absolute atomic E-state index is 1.17. The molecule has 10 heteroatoms. The second-order valence-corrected chi connectivity index (χ2v) is 4.87. The number of alkyl halides is 5. The van der Waals surface area contributed by atoms with Gasteiger partial charge in [-0.15, -0.1) is 0 Å². The lowest BCUT2D eigenvalue weighted by Gasteiger charge is -2.28. The Bertz CT molecular complexity index is 414. The molecule has 1 rings (SSSR count). The van der Waals surface area contributed by atoms with E-state index in [-0.39, 0.29) is 0 Å². The van der Waals surface area contributed by atoms with Gasteiger partial charge in [0.2, 0.25) is 0 Å². The zero-order chi connectivity index (χ0) is 18.1. The van der Waals surface area contributed by atoms with Crippen LogP contribution in [-0.2, 0) is 6.54 Å². The number of unbranched alkanes of at least 4 members (excludes halogenated alkanes) is 3. The maximum Gasteiger partial charge on any atom is 0.558 e. The van der Waals surface area contributed by atoms with Gasteiger partial charge in [-0.3, -0.25) is 0 Å². The highest BCUT2D eigenvalue weighted by Crippen LogP contribution is 2.43. The van der Waals surface area contributed by atoms with Gasteiger partial charge in [0.25, 0.3) is 0 Å². The summed E-state index contributed by atoms with van der Waals surface area (Å²) in [5.41, 5.74) is 0. The number of hydrogen-bond donors (Lipinski definition) is 0. The first-order chi connectivity index (χ1) is 10.4. The van der Waals surface area contributed by atoms with E-state index in [1.54, 1.807) is 0 Å². The highest BCUT2D eigenvalue weighted by molar-refractivity contribution is 6.61. The number of hydrogen-bond acceptors (Lipinski definition) is 0. The van der Waals surface area contributed by atoms with Gasteiger partial charge in [-0.2, -0.15) is 13.2 Å². The molecule has 0 saturated heterocycles. The summed E-state index contributed by atoms with van der Waals surface area (Å²) in [6.07, 6.45) is 3.07. The standard InChI is InChI=1S/C11H18N.C2BF8/c1-2-3-4-6-9-12-10-7-5-8-11-12;4-1(5,2(6,7)8)3(9,10)11/h5,7-8,10-11H,2-4,6,9H2,1H3;/q+1;-1. The van der Waals surface area contributed by atoms with Crippen LogP contribution < -0.4 is 4.57 Å². The molecular formula is C13H18BF8N. The van der Waals surface area contributed by atoms with E-state index in [0.29, 0.717) is 0 Å². The molecule has 1 nitrogen and oxygen atoms in total. The number of pyridine rings is 1. The highest BCUT2D eigenvalue weighted by atomic mass is 19.4. The Morgan fingerprint density at radius 2 is 1.35 bits per heavy atom. The predicted molar refractivity (Wildman–Crippen MR) is 70.9 cm³/mol. The van der Waals surface area contributed by atoms with Crippen LogP contribution in [0.3, 0.4) is 0 Å². The first-order valence-electron chi connectivity index (χ1n) is 7.01. The Labute approximate surface area is 129 Å². The number of aromatic nitrogens is 1. The third-order valence-corrected chi connectivity index (χ3v) is 2.84. The van der Waals surface area contributed by atoms with Crippen molar-refractivity contribution in [1.29, 1.82) is 0 Å². The molecule has 0 aliphatic carbocycles. The molecule has 0 bridgehead atoms. The molecule has 0 aliphatic rings. The fourth-order valence-electron chi connectivity index (χ4n) is 1.49. The Kier molecular flexibility index (Phi) is 8.54. The third kappa shape index (κ3) is 7.65. The molecule has 134 valence electrons. The summed E-state index contributed by atoms with van der Waals surface area (Å²) >= 11 is 0. The SMILES string of the molecule is CCCCCC[n+]1ccccc1.F[B-](F)(F)C(F)(F)C(F)(F)F. The molecule has 0 amide bonds. The van der Waals surface area contributed by atoms with Crippen LogP contribution >= 0.6 is 0 Å². The van der Waals surface area contributed by atoms with Gasteiger partial charge in [-0.25, -0.2) is 13.3 Å². The average Bonchev–Trinajstić information content (AvgIpc) is 2.43. The van der Waals surface area contributed by atoms with Crippen molar-refractivity contribution in [2.75, 3.05) is 0 Å². The summed E-state index contributed by atoms with van der Waals surface area (Å²) in [5, 5.41) is 0. The largest absolute Gasteiger partial charge is 0.558 e. The average molecular weight is 351 g/mol. The predicted octanol–water partition coefficient (Wildman–Crippen LogP) is 5.13. The first-order valence-corrected chi connectivity index (χ1v) is 7.01. The van der Waals surface area contributed by atoms with Crippen LogP contribution in [-0.4, -0.2) is 19.0 Å². The topological polar surface area (TPSA) is 3.88 Å². The summed E-state index contributed by atoms with van der Waals surface area (Å²) in [6.45, 7) is -3.80. The van der Waals surface area contributed by atoms with Crippen molar-refractivity contribution in [1.82, 2.24) is 0 Å². The summed E-state index contributed by atoms with van der Waals surface area (Å²) in [4.78, 5) is 0. The smallest absolute Gasteiger partial charge is 0.445 e. The summed E-state index contributed by atoms with van der Waals surface area (Å²) < 4.78 is 90.1. The van der Waals surface area contributed by atoms with Crippen molar-refractivity contribution in [2.24, 2.45) is 0 Å². The van der Waals surface area contributed by atoms with Gasteiger partial charge in [0.1, 0.15) is 6.54 Å². The summed E-state index contributed by atoms with van der Waals surface area (Å²) in [7, 11) is 0. The molecule has 0 radical (unpaired) electrons. The van der Waals surface area contributed by atoms with Crippen LogP contribution in [0, 0.1) is 0 Å². The van der Waals surface area contributed by atoms with Crippen molar-refractivity contribution in [3.63, 3.8) is 0 Å². The second kappa shape index (κ2) is 9.07. The van der Waals surface area contributed by atoms with Gasteiger partial charge in [-0.1, -0.05) is 25.8 Å². The van der Waals surface area contributed by atoms with Crippen molar-refractivity contribution in [2.45, 2.75) is 51.1 Å². The van der Waals surface area contributed by atoms with E-state index in [9.17, 15) is 34.9 Å². The van der Waals surface area contributed by atoms with Gasteiger partial charge >= 0.3 is 19.0 Å². The highest BCUT2D eigenvalue weighted by Gasteiger charge is 2.69. The Balaban J connectivity index is 0.000000423. The fourth-order valence-corrected chi connectivity index (χ4v) is 1.49. The maximum atomic E-state index is 11.2. The van der Waals surface area contributed by atoms with Crippen LogP contribution in [0.5, 0.6) is 0 Å². The molecule has 0 N–H and O–H groups in total. The van der Waals surface area contributed by atoms with Gasteiger partial charge in [-0.05, 0) is 6.42 Å². The lowest BCUT2D eigenvalue weighted by atomic mass is 9.80. The second-order valence-electron chi connectivity index (χ2n) is 4.87. The monoisotopic (exact) mass is 351 g/mol. The molecular weight excluding hydrogens is 333 g/mol. The van der Waals surface area contributed by atoms with Gasteiger partial charge in [0, 0.05) is 18.6 Å². The van der Waals surface area contributed by atoms with Gasteiger partial charge in [0.15, 0.2) is 12.4 Å².